The Bertz CT molecular complexity index is 1090. The van der Waals surface area contributed by atoms with Gasteiger partial charge < -0.3 is 5.53 Å². The molecule has 1 aliphatic rings. The van der Waals surface area contributed by atoms with E-state index in [1.165, 1.54) is 92.9 Å². The summed E-state index contributed by atoms with van der Waals surface area (Å²) in [5, 5.41) is 0. The van der Waals surface area contributed by atoms with E-state index < -0.39 is 0 Å². The molecule has 0 atom stereocenters. The molecular formula is C37H54N2. The van der Waals surface area contributed by atoms with E-state index in [4.69, 9.17) is 0 Å². The zero-order valence-corrected chi connectivity index (χ0v) is 25.5. The molecule has 1 aliphatic heterocycles. The van der Waals surface area contributed by atoms with E-state index in [1.807, 2.05) is 0 Å². The van der Waals surface area contributed by atoms with Crippen LogP contribution in [0.4, 0.5) is 0 Å². The van der Waals surface area contributed by atoms with Crippen molar-refractivity contribution >= 4 is 11.4 Å². The lowest BCUT2D eigenvalue weighted by molar-refractivity contribution is -0.345. The maximum atomic E-state index is 11.9. The van der Waals surface area contributed by atoms with Crippen molar-refractivity contribution in [2.75, 3.05) is 0 Å². The fraction of sp³-hybridized carbons (Fsp3) is 0.568. The van der Waals surface area contributed by atoms with E-state index in [0.717, 1.165) is 61.0 Å². The monoisotopic (exact) mass is 526 g/mol. The van der Waals surface area contributed by atoms with E-state index in [0.29, 0.717) is 0 Å². The van der Waals surface area contributed by atoms with Crippen molar-refractivity contribution in [3.8, 4) is 0 Å². The van der Waals surface area contributed by atoms with Gasteiger partial charge in [0, 0.05) is 22.3 Å². The number of allylic oxidation sites excluding steroid dienone is 2. The minimum Gasteiger partial charge on any atom is -0.493 e. The Morgan fingerprint density at radius 1 is 0.487 bits per heavy atom. The number of aryl methyl sites for hydroxylation is 2. The normalized spacial score (nSPS) is 13.7. The Labute approximate surface area is 240 Å². The first-order valence-corrected chi connectivity index (χ1v) is 16.3. The lowest BCUT2D eigenvalue weighted by Gasteiger charge is -2.11. The van der Waals surface area contributed by atoms with Gasteiger partial charge in [-0.1, -0.05) is 110 Å². The van der Waals surface area contributed by atoms with Crippen LogP contribution in [0.15, 0.2) is 59.7 Å². The van der Waals surface area contributed by atoms with Gasteiger partial charge in [-0.05, 0) is 86.8 Å². The van der Waals surface area contributed by atoms with Crippen molar-refractivity contribution in [1.29, 1.82) is 0 Å². The molecule has 0 saturated carbocycles. The van der Waals surface area contributed by atoms with E-state index in [9.17, 15) is 5.53 Å². The van der Waals surface area contributed by atoms with Crippen LogP contribution in [0.2, 0.25) is 0 Å². The first-order chi connectivity index (χ1) is 19.1. The zero-order chi connectivity index (χ0) is 27.9. The second kappa shape index (κ2) is 17.3. The van der Waals surface area contributed by atoms with Gasteiger partial charge in [-0.15, -0.1) is 0 Å². The highest BCUT2D eigenvalue weighted by Crippen LogP contribution is 2.44. The molecular weight excluding hydrogens is 472 g/mol. The second-order valence-electron chi connectivity index (χ2n) is 11.5. The smallest absolute Gasteiger partial charge is 0.211 e. The van der Waals surface area contributed by atoms with Crippen LogP contribution in [0.25, 0.3) is 16.9 Å². The lowest BCUT2D eigenvalue weighted by Crippen LogP contribution is -2.03. The Morgan fingerprint density at radius 3 is 1.64 bits per heavy atom. The van der Waals surface area contributed by atoms with Gasteiger partial charge in [0.1, 0.15) is 0 Å². The number of nitrogens with zero attached hydrogens (tertiary/aromatic N) is 2. The lowest BCUT2D eigenvalue weighted by atomic mass is 9.91. The molecule has 0 radical (unpaired) electrons. The summed E-state index contributed by atoms with van der Waals surface area (Å²) in [6.45, 7) is 9.07. The topological polar surface area (TPSA) is 25.3 Å². The van der Waals surface area contributed by atoms with Crippen LogP contribution in [0, 0.1) is 0 Å². The van der Waals surface area contributed by atoms with Crippen LogP contribution in [-0.4, -0.2) is 4.70 Å². The summed E-state index contributed by atoms with van der Waals surface area (Å²) in [5.74, 6) is 0. The third kappa shape index (κ3) is 9.02. The van der Waals surface area contributed by atoms with Crippen molar-refractivity contribution < 1.29 is 4.70 Å². The van der Waals surface area contributed by atoms with Crippen molar-refractivity contribution in [1.82, 2.24) is 0 Å². The molecule has 2 heteroatoms. The summed E-state index contributed by atoms with van der Waals surface area (Å²) in [6, 6.07) is 18.0. The third-order valence-electron chi connectivity index (χ3n) is 8.24. The molecule has 212 valence electrons. The van der Waals surface area contributed by atoms with Gasteiger partial charge in [0.05, 0.1) is 0 Å². The van der Waals surface area contributed by atoms with Gasteiger partial charge in [0.25, 0.3) is 0 Å². The molecule has 0 N–H and O–H groups in total. The van der Waals surface area contributed by atoms with E-state index in [1.54, 1.807) is 4.70 Å². The number of hydrogen-bond donors (Lipinski definition) is 0. The summed E-state index contributed by atoms with van der Waals surface area (Å²) < 4.78 is 1.56. The first-order valence-electron chi connectivity index (χ1n) is 16.3. The summed E-state index contributed by atoms with van der Waals surface area (Å²) in [5.41, 5.74) is 21.7. The summed E-state index contributed by atoms with van der Waals surface area (Å²) >= 11 is 0. The van der Waals surface area contributed by atoms with E-state index in [-0.39, 0.29) is 0 Å². The summed E-state index contributed by atoms with van der Waals surface area (Å²) in [6.07, 6.45) is 20.4. The maximum Gasteiger partial charge on any atom is 0.211 e. The third-order valence-corrected chi connectivity index (χ3v) is 8.24. The first kappa shape index (κ1) is 31.1. The predicted molar refractivity (Wildman–Crippen MR) is 170 cm³/mol. The van der Waals surface area contributed by atoms with Crippen molar-refractivity contribution in [3.05, 3.63) is 87.5 Å². The Morgan fingerprint density at radius 2 is 1.00 bits per heavy atom. The largest absolute Gasteiger partial charge is 0.493 e. The second-order valence-corrected chi connectivity index (χ2v) is 11.5. The van der Waals surface area contributed by atoms with E-state index >= 15 is 0 Å². The molecule has 0 spiro atoms. The summed E-state index contributed by atoms with van der Waals surface area (Å²) in [7, 11) is 0. The van der Waals surface area contributed by atoms with Crippen LogP contribution >= 0.6 is 0 Å². The summed E-state index contributed by atoms with van der Waals surface area (Å²) in [4.78, 5) is 0. The van der Waals surface area contributed by atoms with Gasteiger partial charge in [0.15, 0.2) is 0 Å². The van der Waals surface area contributed by atoms with Gasteiger partial charge in [-0.3, -0.25) is 0 Å². The quantitative estimate of drug-likeness (QED) is 0.128. The molecule has 0 aliphatic carbocycles. The van der Waals surface area contributed by atoms with Gasteiger partial charge >= 0.3 is 0 Å². The fourth-order valence-corrected chi connectivity index (χ4v) is 5.91. The highest BCUT2D eigenvalue weighted by Gasteiger charge is 2.35. The zero-order valence-electron chi connectivity index (χ0n) is 25.5. The Balaban J connectivity index is 1.97. The molecule has 0 aromatic heterocycles. The molecule has 2 aromatic rings. The minimum atomic E-state index is 1.02. The SMILES string of the molecule is CCCCCCC1=C(c2ccc(CCCCCC)cc2)[N+](=[N-])C(c2cccc(CCCCC)c2)=C1CCCC. The predicted octanol–water partition coefficient (Wildman–Crippen LogP) is 11.9. The number of rotatable bonds is 19. The average molecular weight is 527 g/mol. The average Bonchev–Trinajstić information content (AvgIpc) is 3.23. The maximum absolute atomic E-state index is 11.9. The highest BCUT2D eigenvalue weighted by molar-refractivity contribution is 5.82. The number of hydrogen-bond acceptors (Lipinski definition) is 0. The van der Waals surface area contributed by atoms with Crippen LogP contribution in [0.3, 0.4) is 0 Å². The van der Waals surface area contributed by atoms with Crippen LogP contribution in [0.1, 0.15) is 146 Å². The Hall–Kier alpha value is -2.48. The van der Waals surface area contributed by atoms with Crippen molar-refractivity contribution in [2.45, 2.75) is 137 Å². The Kier molecular flexibility index (Phi) is 13.7. The van der Waals surface area contributed by atoms with Crippen LogP contribution in [0.5, 0.6) is 0 Å². The number of unbranched alkanes of at least 4 members (excludes halogenated alkanes) is 9. The molecule has 0 unspecified atom stereocenters. The molecule has 0 saturated heterocycles. The molecule has 0 bridgehead atoms. The van der Waals surface area contributed by atoms with E-state index in [2.05, 4.69) is 76.2 Å². The van der Waals surface area contributed by atoms with Gasteiger partial charge in [-0.2, -0.15) is 0 Å². The van der Waals surface area contributed by atoms with Crippen molar-refractivity contribution in [3.63, 3.8) is 0 Å². The van der Waals surface area contributed by atoms with Crippen LogP contribution in [-0.2, 0) is 12.8 Å². The molecule has 1 heterocycles. The van der Waals surface area contributed by atoms with Crippen molar-refractivity contribution in [2.24, 2.45) is 0 Å². The molecule has 0 amide bonds. The standard InChI is InChI=1S/C37H54N2/c1-5-9-13-16-19-30-25-27-32(28-26-30)36-35(24-17-14-10-6-2)34(23-12-8-4)37(39(36)38)33-22-18-21-31(29-33)20-15-11-7-3/h18,21-22,25-29H,5-17,19-20,23-24H2,1-4H3. The fourth-order valence-electron chi connectivity index (χ4n) is 5.91. The van der Waals surface area contributed by atoms with Gasteiger partial charge in [0.2, 0.25) is 11.4 Å². The van der Waals surface area contributed by atoms with Crippen LogP contribution < -0.4 is 0 Å². The minimum absolute atomic E-state index is 1.02. The molecule has 2 nitrogen and oxygen atoms in total. The van der Waals surface area contributed by atoms with Gasteiger partial charge in [-0.25, -0.2) is 4.70 Å². The molecule has 0 fully saturated rings. The number of benzene rings is 2. The molecule has 39 heavy (non-hydrogen) atoms. The molecule has 3 rings (SSSR count). The highest BCUT2D eigenvalue weighted by atomic mass is 15.2. The molecule has 2 aromatic carbocycles.